The van der Waals surface area contributed by atoms with E-state index in [0.717, 1.165) is 26.0 Å². The van der Waals surface area contributed by atoms with Crippen LogP contribution < -0.4 is 5.73 Å². The van der Waals surface area contributed by atoms with Crippen molar-refractivity contribution in [3.63, 3.8) is 0 Å². The number of methoxy groups -OCH3 is 1. The molecule has 0 amide bonds. The fourth-order valence-electron chi connectivity index (χ4n) is 1.20. The number of terminal acetylenes is 1. The lowest BCUT2D eigenvalue weighted by molar-refractivity contribution is 0.188. The molecule has 0 fully saturated rings. The Morgan fingerprint density at radius 1 is 1.62 bits per heavy atom. The molecule has 0 radical (unpaired) electrons. The Hall–Kier alpha value is -0.560. The summed E-state index contributed by atoms with van der Waals surface area (Å²) in [5, 5.41) is 0. The fraction of sp³-hybridized carbons (Fsp3) is 0.800. The second kappa shape index (κ2) is 8.06. The predicted octanol–water partition coefficient (Wildman–Crippen LogP) is 0.305. The lowest BCUT2D eigenvalue weighted by Gasteiger charge is -2.18. The van der Waals surface area contributed by atoms with Crippen molar-refractivity contribution in [2.75, 3.05) is 33.9 Å². The van der Waals surface area contributed by atoms with Crippen LogP contribution in [0.5, 0.6) is 0 Å². The monoisotopic (exact) mass is 184 g/mol. The summed E-state index contributed by atoms with van der Waals surface area (Å²) in [5.74, 6) is 2.59. The summed E-state index contributed by atoms with van der Waals surface area (Å²) in [7, 11) is 3.69. The molecular formula is C10H20N2O. The van der Waals surface area contributed by atoms with Gasteiger partial charge >= 0.3 is 0 Å². The highest BCUT2D eigenvalue weighted by Gasteiger charge is 2.04. The van der Waals surface area contributed by atoms with Gasteiger partial charge in [0.05, 0.1) is 6.54 Å². The van der Waals surface area contributed by atoms with Crippen LogP contribution in [0.25, 0.3) is 0 Å². The van der Waals surface area contributed by atoms with Gasteiger partial charge in [-0.25, -0.2) is 0 Å². The third-order valence-electron chi connectivity index (χ3n) is 1.83. The van der Waals surface area contributed by atoms with Crippen LogP contribution in [0.3, 0.4) is 0 Å². The first-order valence-electron chi connectivity index (χ1n) is 4.57. The second-order valence-electron chi connectivity index (χ2n) is 3.30. The Bertz CT molecular complexity index is 153. The summed E-state index contributed by atoms with van der Waals surface area (Å²) in [6.45, 7) is 2.30. The summed E-state index contributed by atoms with van der Waals surface area (Å²) in [6, 6.07) is 0.202. The summed E-state index contributed by atoms with van der Waals surface area (Å²) in [5.41, 5.74) is 5.88. The molecule has 0 aliphatic heterocycles. The standard InChI is InChI=1S/C10H20N2O/c1-4-7-12(2)9-10(11)6-5-8-13-3/h1,10H,5-9,11H2,2-3H3. The average molecular weight is 184 g/mol. The molecule has 3 heteroatoms. The molecule has 0 saturated heterocycles. The average Bonchev–Trinajstić information content (AvgIpc) is 2.05. The molecule has 1 atom stereocenters. The van der Waals surface area contributed by atoms with Crippen molar-refractivity contribution in [2.45, 2.75) is 18.9 Å². The summed E-state index contributed by atoms with van der Waals surface area (Å²) < 4.78 is 4.94. The van der Waals surface area contributed by atoms with Gasteiger partial charge < -0.3 is 10.5 Å². The maximum Gasteiger partial charge on any atom is 0.0596 e. The lowest BCUT2D eigenvalue weighted by Crippen LogP contribution is -2.35. The number of nitrogens with zero attached hydrogens (tertiary/aromatic N) is 1. The molecule has 0 aromatic heterocycles. The third kappa shape index (κ3) is 7.79. The molecule has 0 aromatic carbocycles. The molecule has 76 valence electrons. The zero-order chi connectivity index (χ0) is 10.1. The minimum absolute atomic E-state index is 0.202. The Labute approximate surface area is 81.2 Å². The molecule has 0 aliphatic carbocycles. The SMILES string of the molecule is C#CCN(C)CC(N)CCCOC. The van der Waals surface area contributed by atoms with Gasteiger partial charge in [-0.1, -0.05) is 5.92 Å². The van der Waals surface area contributed by atoms with Gasteiger partial charge in [0.25, 0.3) is 0 Å². The molecule has 0 heterocycles. The van der Waals surface area contributed by atoms with Gasteiger partial charge in [0, 0.05) is 26.3 Å². The second-order valence-corrected chi connectivity index (χ2v) is 3.30. The number of nitrogens with two attached hydrogens (primary N) is 1. The van der Waals surface area contributed by atoms with Gasteiger partial charge in [-0.2, -0.15) is 0 Å². The Kier molecular flexibility index (Phi) is 7.71. The highest BCUT2D eigenvalue weighted by Crippen LogP contribution is 1.96. The van der Waals surface area contributed by atoms with Crippen LogP contribution in [0.1, 0.15) is 12.8 Å². The van der Waals surface area contributed by atoms with Gasteiger partial charge in [-0.3, -0.25) is 4.90 Å². The molecule has 0 bridgehead atoms. The van der Waals surface area contributed by atoms with E-state index in [1.165, 1.54) is 0 Å². The zero-order valence-electron chi connectivity index (χ0n) is 8.62. The van der Waals surface area contributed by atoms with E-state index < -0.39 is 0 Å². The third-order valence-corrected chi connectivity index (χ3v) is 1.83. The quantitative estimate of drug-likeness (QED) is 0.457. The van der Waals surface area contributed by atoms with Gasteiger partial charge in [-0.05, 0) is 19.9 Å². The van der Waals surface area contributed by atoms with Crippen molar-refractivity contribution < 1.29 is 4.74 Å². The highest BCUT2D eigenvalue weighted by molar-refractivity contribution is 4.87. The van der Waals surface area contributed by atoms with E-state index in [2.05, 4.69) is 10.8 Å². The first-order chi connectivity index (χ1) is 6.20. The number of likely N-dealkylation sites (N-methyl/N-ethyl adjacent to an activating group) is 1. The van der Waals surface area contributed by atoms with Gasteiger partial charge in [0.2, 0.25) is 0 Å². The summed E-state index contributed by atoms with van der Waals surface area (Å²) in [4.78, 5) is 2.05. The molecular weight excluding hydrogens is 164 g/mol. The largest absolute Gasteiger partial charge is 0.385 e. The number of rotatable bonds is 7. The van der Waals surface area contributed by atoms with Crippen molar-refractivity contribution in [1.29, 1.82) is 0 Å². The molecule has 2 N–H and O–H groups in total. The lowest BCUT2D eigenvalue weighted by atomic mass is 10.1. The van der Waals surface area contributed by atoms with Crippen molar-refractivity contribution in [2.24, 2.45) is 5.73 Å². The Balaban J connectivity index is 3.39. The van der Waals surface area contributed by atoms with Crippen LogP contribution in [-0.2, 0) is 4.74 Å². The van der Waals surface area contributed by atoms with E-state index in [4.69, 9.17) is 16.9 Å². The first-order valence-corrected chi connectivity index (χ1v) is 4.57. The van der Waals surface area contributed by atoms with Gasteiger partial charge in [0.15, 0.2) is 0 Å². The van der Waals surface area contributed by atoms with E-state index in [-0.39, 0.29) is 6.04 Å². The molecule has 1 unspecified atom stereocenters. The van der Waals surface area contributed by atoms with E-state index in [1.807, 2.05) is 7.05 Å². The zero-order valence-corrected chi connectivity index (χ0v) is 8.62. The van der Waals surface area contributed by atoms with Crippen LogP contribution in [-0.4, -0.2) is 44.8 Å². The van der Waals surface area contributed by atoms with Gasteiger partial charge in [0.1, 0.15) is 0 Å². The van der Waals surface area contributed by atoms with E-state index in [1.54, 1.807) is 7.11 Å². The van der Waals surface area contributed by atoms with Crippen LogP contribution in [0.15, 0.2) is 0 Å². The molecule has 0 rings (SSSR count). The van der Waals surface area contributed by atoms with Crippen molar-refractivity contribution in [3.8, 4) is 12.3 Å². The normalized spacial score (nSPS) is 12.8. The van der Waals surface area contributed by atoms with Crippen molar-refractivity contribution in [1.82, 2.24) is 4.90 Å². The van der Waals surface area contributed by atoms with E-state index >= 15 is 0 Å². The summed E-state index contributed by atoms with van der Waals surface area (Å²) >= 11 is 0. The number of ether oxygens (including phenoxy) is 1. The topological polar surface area (TPSA) is 38.5 Å². The van der Waals surface area contributed by atoms with Crippen LogP contribution in [0, 0.1) is 12.3 Å². The molecule has 0 spiro atoms. The van der Waals surface area contributed by atoms with Crippen LogP contribution in [0.4, 0.5) is 0 Å². The molecule has 3 nitrogen and oxygen atoms in total. The maximum absolute atomic E-state index is 5.88. The Morgan fingerprint density at radius 3 is 2.85 bits per heavy atom. The molecule has 0 aromatic rings. The molecule has 0 aliphatic rings. The summed E-state index contributed by atoms with van der Waals surface area (Å²) in [6.07, 6.45) is 7.18. The number of hydrogen-bond donors (Lipinski definition) is 1. The van der Waals surface area contributed by atoms with Crippen LogP contribution in [0.2, 0.25) is 0 Å². The van der Waals surface area contributed by atoms with Crippen molar-refractivity contribution in [3.05, 3.63) is 0 Å². The van der Waals surface area contributed by atoms with E-state index in [0.29, 0.717) is 6.54 Å². The smallest absolute Gasteiger partial charge is 0.0596 e. The minimum atomic E-state index is 0.202. The van der Waals surface area contributed by atoms with Crippen LogP contribution >= 0.6 is 0 Å². The van der Waals surface area contributed by atoms with Crippen molar-refractivity contribution >= 4 is 0 Å². The fourth-order valence-corrected chi connectivity index (χ4v) is 1.20. The Morgan fingerprint density at radius 2 is 2.31 bits per heavy atom. The molecule has 13 heavy (non-hydrogen) atoms. The molecule has 0 saturated carbocycles. The van der Waals surface area contributed by atoms with E-state index in [9.17, 15) is 0 Å². The predicted molar refractivity (Wildman–Crippen MR) is 55.4 cm³/mol. The minimum Gasteiger partial charge on any atom is -0.385 e. The highest BCUT2D eigenvalue weighted by atomic mass is 16.5. The maximum atomic E-state index is 5.88. The first kappa shape index (κ1) is 12.4. The van der Waals surface area contributed by atoms with Gasteiger partial charge in [-0.15, -0.1) is 6.42 Å². The number of hydrogen-bond acceptors (Lipinski definition) is 3.